The van der Waals surface area contributed by atoms with E-state index in [0.717, 1.165) is 22.5 Å². The van der Waals surface area contributed by atoms with Gasteiger partial charge < -0.3 is 9.97 Å². The average Bonchev–Trinajstić information content (AvgIpc) is 3.35. The van der Waals surface area contributed by atoms with Crippen molar-refractivity contribution in [2.75, 3.05) is 0 Å². The molecule has 43 heavy (non-hydrogen) atoms. The summed E-state index contributed by atoms with van der Waals surface area (Å²) >= 11 is 1.88. The molecule has 0 unspecified atom stereocenters. The maximum absolute atomic E-state index is 4.65. The first-order chi connectivity index (χ1) is 19.9. The SMILES string of the molecule is CC(C)c1ccnc(-c2[c-]ccc3c2sc2cc([Si](C)(C)C)ccc23)c1.C[Si](C)(C)c1ccc(-c2[c-]cccc2)nc1.[Ir]. The van der Waals surface area contributed by atoms with Crippen LogP contribution in [0.4, 0.5) is 0 Å². The fourth-order valence-electron chi connectivity index (χ4n) is 4.89. The third kappa shape index (κ3) is 7.68. The third-order valence-electron chi connectivity index (χ3n) is 7.62. The smallest absolute Gasteiger partial charge is 0.0795 e. The van der Waals surface area contributed by atoms with Gasteiger partial charge in [-0.1, -0.05) is 99.6 Å². The molecule has 6 rings (SSSR count). The predicted molar refractivity (Wildman–Crippen MR) is 190 cm³/mol. The molecule has 3 aromatic heterocycles. The molecule has 0 aliphatic rings. The van der Waals surface area contributed by atoms with Crippen LogP contribution in [0.2, 0.25) is 39.3 Å². The Balaban J connectivity index is 0.000000215. The van der Waals surface area contributed by atoms with Crippen LogP contribution in [0.5, 0.6) is 0 Å². The summed E-state index contributed by atoms with van der Waals surface area (Å²) in [6.07, 6.45) is 3.94. The number of fused-ring (bicyclic) bond motifs is 3. The Morgan fingerprint density at radius 3 is 2.07 bits per heavy atom. The predicted octanol–water partition coefficient (Wildman–Crippen LogP) is 9.68. The first kappa shape index (κ1) is 33.2. The molecule has 223 valence electrons. The van der Waals surface area contributed by atoms with Crippen LogP contribution in [0.15, 0.2) is 91.3 Å². The molecule has 0 saturated heterocycles. The number of rotatable bonds is 5. The van der Waals surface area contributed by atoms with E-state index in [-0.39, 0.29) is 20.1 Å². The van der Waals surface area contributed by atoms with Crippen LogP contribution in [0, 0.1) is 12.1 Å². The summed E-state index contributed by atoms with van der Waals surface area (Å²) in [6, 6.07) is 34.5. The molecule has 0 saturated carbocycles. The molecule has 2 nitrogen and oxygen atoms in total. The Labute approximate surface area is 277 Å². The van der Waals surface area contributed by atoms with Gasteiger partial charge in [-0.3, -0.25) is 0 Å². The van der Waals surface area contributed by atoms with E-state index in [4.69, 9.17) is 0 Å². The molecule has 0 bridgehead atoms. The van der Waals surface area contributed by atoms with Gasteiger partial charge in [0.2, 0.25) is 0 Å². The van der Waals surface area contributed by atoms with Crippen molar-refractivity contribution in [2.24, 2.45) is 0 Å². The Kier molecular flexibility index (Phi) is 10.4. The molecule has 0 atom stereocenters. The molecule has 0 spiro atoms. The largest absolute Gasteiger partial charge is 0.305 e. The number of hydrogen-bond donors (Lipinski definition) is 0. The molecule has 0 fully saturated rings. The minimum Gasteiger partial charge on any atom is -0.305 e. The maximum atomic E-state index is 4.65. The minimum absolute atomic E-state index is 0. The monoisotopic (exact) mass is 793 g/mol. The van der Waals surface area contributed by atoms with Crippen LogP contribution in [-0.4, -0.2) is 26.1 Å². The zero-order chi connectivity index (χ0) is 30.1. The molecular weight excluding hydrogens is 753 g/mol. The summed E-state index contributed by atoms with van der Waals surface area (Å²) in [5.41, 5.74) is 5.54. The Morgan fingerprint density at radius 2 is 1.44 bits per heavy atom. The molecule has 0 amide bonds. The number of pyridine rings is 2. The number of benzene rings is 3. The van der Waals surface area contributed by atoms with Gasteiger partial charge in [-0.2, -0.15) is 11.3 Å². The van der Waals surface area contributed by atoms with Crippen LogP contribution in [0.25, 0.3) is 42.7 Å². The summed E-state index contributed by atoms with van der Waals surface area (Å²) < 4.78 is 2.67. The van der Waals surface area contributed by atoms with E-state index in [1.165, 1.54) is 36.1 Å². The van der Waals surface area contributed by atoms with Gasteiger partial charge in [0.15, 0.2) is 0 Å². The van der Waals surface area contributed by atoms with Gasteiger partial charge in [0.25, 0.3) is 0 Å². The molecule has 0 N–H and O–H groups in total. The van der Waals surface area contributed by atoms with E-state index in [0.29, 0.717) is 5.92 Å². The van der Waals surface area contributed by atoms with Crippen molar-refractivity contribution >= 4 is 58.0 Å². The van der Waals surface area contributed by atoms with Crippen molar-refractivity contribution in [3.05, 3.63) is 109 Å². The summed E-state index contributed by atoms with van der Waals surface area (Å²) in [4.78, 5) is 9.17. The van der Waals surface area contributed by atoms with E-state index in [1.54, 1.807) is 0 Å². The molecule has 0 aliphatic heterocycles. The molecular formula is C37H40IrN2SSi2-2. The normalized spacial score (nSPS) is 11.7. The average molecular weight is 793 g/mol. The first-order valence-corrected chi connectivity index (χ1v) is 22.5. The van der Waals surface area contributed by atoms with Crippen LogP contribution in [0.3, 0.4) is 0 Å². The standard InChI is InChI=1S/C23H24NSSi.C14H16NSi.Ir/c1-15(2)16-11-12-24-21(13-16)20-8-6-7-19-18-10-9-17(26(3,4)5)14-22(18)25-23(19)20;1-16(2,3)13-9-10-14(15-11-13)12-7-5-4-6-8-12;/h6-7,9-15H,1-5H3;4-7,9-11H,1-3H3;/q2*-1;. The third-order valence-corrected chi connectivity index (χ3v) is 12.9. The van der Waals surface area contributed by atoms with Crippen molar-refractivity contribution < 1.29 is 20.1 Å². The fourth-order valence-corrected chi connectivity index (χ4v) is 8.44. The second-order valence-electron chi connectivity index (χ2n) is 13.2. The summed E-state index contributed by atoms with van der Waals surface area (Å²) in [5, 5.41) is 5.58. The van der Waals surface area contributed by atoms with E-state index in [1.807, 2.05) is 54.1 Å². The molecule has 1 radical (unpaired) electrons. The first-order valence-electron chi connectivity index (χ1n) is 14.7. The minimum atomic E-state index is -1.31. The summed E-state index contributed by atoms with van der Waals surface area (Å²) in [5.74, 6) is 0.498. The molecule has 3 heterocycles. The molecule has 6 heteroatoms. The second-order valence-corrected chi connectivity index (χ2v) is 24.5. The summed E-state index contributed by atoms with van der Waals surface area (Å²) in [6.45, 7) is 18.7. The van der Waals surface area contributed by atoms with Gasteiger partial charge in [-0.15, -0.1) is 59.7 Å². The van der Waals surface area contributed by atoms with Crippen LogP contribution < -0.4 is 10.4 Å². The van der Waals surface area contributed by atoms with Gasteiger partial charge in [-0.25, -0.2) is 0 Å². The quantitative estimate of drug-likeness (QED) is 0.128. The van der Waals surface area contributed by atoms with E-state index >= 15 is 0 Å². The van der Waals surface area contributed by atoms with E-state index in [9.17, 15) is 0 Å². The van der Waals surface area contributed by atoms with Gasteiger partial charge in [0.05, 0.1) is 16.1 Å². The van der Waals surface area contributed by atoms with Crippen molar-refractivity contribution in [1.82, 2.24) is 9.97 Å². The van der Waals surface area contributed by atoms with Crippen molar-refractivity contribution in [2.45, 2.75) is 59.0 Å². The Morgan fingerprint density at radius 1 is 0.698 bits per heavy atom. The van der Waals surface area contributed by atoms with Gasteiger partial charge in [0, 0.05) is 37.2 Å². The van der Waals surface area contributed by atoms with Gasteiger partial charge in [0.1, 0.15) is 0 Å². The summed E-state index contributed by atoms with van der Waals surface area (Å²) in [7, 11) is -2.54. The number of aromatic nitrogens is 2. The number of nitrogens with zero attached hydrogens (tertiary/aromatic N) is 2. The zero-order valence-electron chi connectivity index (χ0n) is 26.4. The van der Waals surface area contributed by atoms with Crippen molar-refractivity contribution in [3.63, 3.8) is 0 Å². The molecule has 3 aromatic carbocycles. The number of thiophene rings is 1. The maximum Gasteiger partial charge on any atom is 0.0795 e. The van der Waals surface area contributed by atoms with Crippen LogP contribution in [-0.2, 0) is 20.1 Å². The Bertz CT molecular complexity index is 1820. The van der Waals surface area contributed by atoms with Gasteiger partial charge >= 0.3 is 0 Å². The molecule has 6 aromatic rings. The second kappa shape index (κ2) is 13.5. The molecule has 0 aliphatic carbocycles. The number of hydrogen-bond acceptors (Lipinski definition) is 3. The Hall–Kier alpha value is -2.74. The van der Waals surface area contributed by atoms with E-state index < -0.39 is 16.1 Å². The fraction of sp³-hybridized carbons (Fsp3) is 0.243. The van der Waals surface area contributed by atoms with Crippen molar-refractivity contribution in [3.8, 4) is 22.5 Å². The van der Waals surface area contributed by atoms with Crippen LogP contribution in [0.1, 0.15) is 25.3 Å². The van der Waals surface area contributed by atoms with E-state index in [2.05, 4.69) is 124 Å². The topological polar surface area (TPSA) is 25.8 Å². The van der Waals surface area contributed by atoms with Crippen LogP contribution >= 0.6 is 11.3 Å². The van der Waals surface area contributed by atoms with Crippen molar-refractivity contribution in [1.29, 1.82) is 0 Å². The zero-order valence-corrected chi connectivity index (χ0v) is 31.6. The van der Waals surface area contributed by atoms with Gasteiger partial charge in [-0.05, 0) is 44.7 Å².